The molecular weight excluding hydrogens is 404 g/mol. The molecule has 0 spiro atoms. The molecule has 0 saturated heterocycles. The molecule has 0 fully saturated rings. The first-order valence-electron chi connectivity index (χ1n) is 6.13. The number of nitrogens with one attached hydrogen (secondary N) is 1. The molecule has 1 aromatic carbocycles. The highest BCUT2D eigenvalue weighted by atomic mass is 79.9. The third-order valence-corrected chi connectivity index (χ3v) is 4.92. The van der Waals surface area contributed by atoms with Gasteiger partial charge in [-0.2, -0.15) is 0 Å². The minimum Gasteiger partial charge on any atom is -0.399 e. The molecule has 106 valence electrons. The van der Waals surface area contributed by atoms with Crippen molar-refractivity contribution >= 4 is 60.5 Å². The number of hydrogen-bond acceptors (Lipinski definition) is 3. The molecule has 0 aliphatic carbocycles. The Morgan fingerprint density at radius 2 is 2.00 bits per heavy atom. The van der Waals surface area contributed by atoms with Crippen LogP contribution in [-0.2, 0) is 11.2 Å². The molecular formula is C14H14Br2N2OS. The van der Waals surface area contributed by atoms with E-state index >= 15 is 0 Å². The van der Waals surface area contributed by atoms with Crippen LogP contribution in [0.3, 0.4) is 0 Å². The number of halogens is 2. The van der Waals surface area contributed by atoms with Crippen LogP contribution in [0, 0.1) is 0 Å². The van der Waals surface area contributed by atoms with Crippen molar-refractivity contribution < 1.29 is 4.79 Å². The number of aryl methyl sites for hydroxylation is 1. The smallest absolute Gasteiger partial charge is 0.224 e. The molecule has 1 amide bonds. The predicted octanol–water partition coefficient (Wildman–Crippen LogP) is 4.82. The summed E-state index contributed by atoms with van der Waals surface area (Å²) in [6.07, 6.45) is 2.28. The summed E-state index contributed by atoms with van der Waals surface area (Å²) in [6, 6.07) is 7.66. The largest absolute Gasteiger partial charge is 0.399 e. The van der Waals surface area contributed by atoms with Crippen LogP contribution in [0.2, 0.25) is 0 Å². The zero-order chi connectivity index (χ0) is 14.5. The zero-order valence-electron chi connectivity index (χ0n) is 10.7. The van der Waals surface area contributed by atoms with Gasteiger partial charge >= 0.3 is 0 Å². The number of rotatable bonds is 5. The Morgan fingerprint density at radius 3 is 2.60 bits per heavy atom. The van der Waals surface area contributed by atoms with Gasteiger partial charge in [-0.25, -0.2) is 0 Å². The molecule has 0 aliphatic heterocycles. The summed E-state index contributed by atoms with van der Waals surface area (Å²) in [5.74, 6) is 0.00716. The van der Waals surface area contributed by atoms with Crippen LogP contribution in [0.4, 0.5) is 11.4 Å². The second-order valence-electron chi connectivity index (χ2n) is 4.34. The van der Waals surface area contributed by atoms with Crippen molar-refractivity contribution in [2.24, 2.45) is 0 Å². The van der Waals surface area contributed by atoms with Crippen molar-refractivity contribution in [2.75, 3.05) is 11.1 Å². The van der Waals surface area contributed by atoms with Crippen LogP contribution in [0.5, 0.6) is 0 Å². The molecule has 1 heterocycles. The minimum atomic E-state index is 0.00716. The van der Waals surface area contributed by atoms with Gasteiger partial charge in [-0.3, -0.25) is 4.79 Å². The highest BCUT2D eigenvalue weighted by molar-refractivity contribution is 9.11. The van der Waals surface area contributed by atoms with E-state index < -0.39 is 0 Å². The van der Waals surface area contributed by atoms with Gasteiger partial charge in [-0.15, -0.1) is 11.3 Å². The van der Waals surface area contributed by atoms with Gasteiger partial charge in [0.15, 0.2) is 0 Å². The van der Waals surface area contributed by atoms with Crippen molar-refractivity contribution in [1.82, 2.24) is 0 Å². The quantitative estimate of drug-likeness (QED) is 0.685. The number of nitrogen functional groups attached to an aromatic ring is 1. The van der Waals surface area contributed by atoms with E-state index in [-0.39, 0.29) is 5.91 Å². The fourth-order valence-corrected chi connectivity index (χ4v) is 3.96. The lowest BCUT2D eigenvalue weighted by atomic mass is 10.2. The standard InChI is InChI=1S/C14H14Br2N2OS/c15-11-7-9(17)8-12(16)14(11)18-13(19)5-1-3-10-4-2-6-20-10/h2,4,6-8H,1,3,5,17H2,(H,18,19). The zero-order valence-corrected chi connectivity index (χ0v) is 14.6. The van der Waals surface area contributed by atoms with Gasteiger partial charge in [-0.05, 0) is 68.3 Å². The average Bonchev–Trinajstić information content (AvgIpc) is 2.87. The van der Waals surface area contributed by atoms with E-state index in [0.29, 0.717) is 12.1 Å². The Bertz CT molecular complexity index is 576. The van der Waals surface area contributed by atoms with Gasteiger partial charge < -0.3 is 11.1 Å². The third kappa shape index (κ3) is 4.33. The van der Waals surface area contributed by atoms with Gasteiger partial charge in [0.2, 0.25) is 5.91 Å². The summed E-state index contributed by atoms with van der Waals surface area (Å²) in [7, 11) is 0. The Morgan fingerprint density at radius 1 is 1.30 bits per heavy atom. The van der Waals surface area contributed by atoms with Gasteiger partial charge in [0.05, 0.1) is 5.69 Å². The van der Waals surface area contributed by atoms with Crippen LogP contribution < -0.4 is 11.1 Å². The molecule has 3 N–H and O–H groups in total. The fourth-order valence-electron chi connectivity index (χ4n) is 1.79. The average molecular weight is 418 g/mol. The highest BCUT2D eigenvalue weighted by Gasteiger charge is 2.10. The van der Waals surface area contributed by atoms with Crippen molar-refractivity contribution in [3.63, 3.8) is 0 Å². The summed E-state index contributed by atoms with van der Waals surface area (Å²) in [6.45, 7) is 0. The van der Waals surface area contributed by atoms with E-state index in [4.69, 9.17) is 5.73 Å². The Kier molecular flexibility index (Phi) is 5.63. The minimum absolute atomic E-state index is 0.00716. The lowest BCUT2D eigenvalue weighted by Gasteiger charge is -2.10. The van der Waals surface area contributed by atoms with Crippen molar-refractivity contribution in [3.05, 3.63) is 43.5 Å². The number of benzene rings is 1. The molecule has 6 heteroatoms. The molecule has 1 aromatic heterocycles. The molecule has 3 nitrogen and oxygen atoms in total. The second-order valence-corrected chi connectivity index (χ2v) is 7.08. The molecule has 0 bridgehead atoms. The number of carbonyl (C=O) groups is 1. The maximum atomic E-state index is 11.9. The number of thiophene rings is 1. The van der Waals surface area contributed by atoms with E-state index in [1.165, 1.54) is 4.88 Å². The normalized spacial score (nSPS) is 10.5. The Labute approximate surface area is 138 Å². The number of nitrogens with two attached hydrogens (primary N) is 1. The number of amides is 1. The van der Waals surface area contributed by atoms with Gasteiger partial charge in [-0.1, -0.05) is 6.07 Å². The Hall–Kier alpha value is -0.850. The first-order valence-corrected chi connectivity index (χ1v) is 8.59. The summed E-state index contributed by atoms with van der Waals surface area (Å²) >= 11 is 8.53. The Balaban J connectivity index is 1.88. The predicted molar refractivity (Wildman–Crippen MR) is 92.1 cm³/mol. The molecule has 2 rings (SSSR count). The number of carbonyl (C=O) groups excluding carboxylic acids is 1. The monoisotopic (exact) mass is 416 g/mol. The number of anilines is 2. The lowest BCUT2D eigenvalue weighted by Crippen LogP contribution is -2.12. The first-order chi connectivity index (χ1) is 9.56. The van der Waals surface area contributed by atoms with Crippen LogP contribution in [0.1, 0.15) is 17.7 Å². The van der Waals surface area contributed by atoms with Crippen molar-refractivity contribution in [3.8, 4) is 0 Å². The van der Waals surface area contributed by atoms with Crippen molar-refractivity contribution in [1.29, 1.82) is 0 Å². The van der Waals surface area contributed by atoms with E-state index in [0.717, 1.165) is 27.5 Å². The van der Waals surface area contributed by atoms with E-state index in [9.17, 15) is 4.79 Å². The van der Waals surface area contributed by atoms with Crippen LogP contribution in [-0.4, -0.2) is 5.91 Å². The molecule has 0 saturated carbocycles. The summed E-state index contributed by atoms with van der Waals surface area (Å²) in [5.41, 5.74) is 7.08. The van der Waals surface area contributed by atoms with Gasteiger partial charge in [0.1, 0.15) is 0 Å². The van der Waals surface area contributed by atoms with E-state index in [2.05, 4.69) is 48.6 Å². The topological polar surface area (TPSA) is 55.1 Å². The number of hydrogen-bond donors (Lipinski definition) is 2. The molecule has 0 atom stereocenters. The molecule has 0 aliphatic rings. The van der Waals surface area contributed by atoms with Crippen LogP contribution in [0.25, 0.3) is 0 Å². The maximum absolute atomic E-state index is 11.9. The molecule has 0 radical (unpaired) electrons. The van der Waals surface area contributed by atoms with Crippen LogP contribution >= 0.6 is 43.2 Å². The van der Waals surface area contributed by atoms with Gasteiger partial charge in [0.25, 0.3) is 0 Å². The molecule has 2 aromatic rings. The van der Waals surface area contributed by atoms with Crippen molar-refractivity contribution in [2.45, 2.75) is 19.3 Å². The SMILES string of the molecule is Nc1cc(Br)c(NC(=O)CCCc2cccs2)c(Br)c1. The highest BCUT2D eigenvalue weighted by Crippen LogP contribution is 2.33. The third-order valence-electron chi connectivity index (χ3n) is 2.74. The molecule has 0 unspecified atom stereocenters. The summed E-state index contributed by atoms with van der Waals surface area (Å²) in [5, 5.41) is 4.95. The molecule has 20 heavy (non-hydrogen) atoms. The van der Waals surface area contributed by atoms with Gasteiger partial charge in [0, 0.05) is 25.9 Å². The maximum Gasteiger partial charge on any atom is 0.224 e. The lowest BCUT2D eigenvalue weighted by molar-refractivity contribution is -0.116. The van der Waals surface area contributed by atoms with E-state index in [1.54, 1.807) is 23.5 Å². The fraction of sp³-hybridized carbons (Fsp3) is 0.214. The van der Waals surface area contributed by atoms with Crippen LogP contribution in [0.15, 0.2) is 38.6 Å². The first kappa shape index (κ1) is 15.5. The second kappa shape index (κ2) is 7.24. The summed E-state index contributed by atoms with van der Waals surface area (Å²) < 4.78 is 1.55. The summed E-state index contributed by atoms with van der Waals surface area (Å²) in [4.78, 5) is 13.3. The van der Waals surface area contributed by atoms with E-state index in [1.807, 2.05) is 6.07 Å².